The molecule has 2 aliphatic carbocycles. The van der Waals surface area contributed by atoms with Crippen LogP contribution in [0.25, 0.3) is 6.08 Å². The second-order valence-corrected chi connectivity index (χ2v) is 9.31. The van der Waals surface area contributed by atoms with Crippen LogP contribution in [0.1, 0.15) is 75.7 Å². The van der Waals surface area contributed by atoms with Crippen LogP contribution in [-0.4, -0.2) is 58.6 Å². The number of rotatable bonds is 7. The molecular weight excluding hydrogens is 484 g/mol. The van der Waals surface area contributed by atoms with Gasteiger partial charge in [-0.25, -0.2) is 29.5 Å². The number of methoxy groups -OCH3 is 2. The van der Waals surface area contributed by atoms with E-state index in [1.54, 1.807) is 6.08 Å². The normalized spacial score (nSPS) is 14.7. The van der Waals surface area contributed by atoms with Crippen molar-refractivity contribution in [3.05, 3.63) is 40.2 Å². The zero-order valence-electron chi connectivity index (χ0n) is 18.9. The molecule has 2 fully saturated rings. The molecule has 8 nitrogen and oxygen atoms in total. The number of halogens is 1. The van der Waals surface area contributed by atoms with Gasteiger partial charge in [0.15, 0.2) is 11.4 Å². The predicted molar refractivity (Wildman–Crippen MR) is 129 cm³/mol. The lowest BCUT2D eigenvalue weighted by Crippen LogP contribution is -2.11. The van der Waals surface area contributed by atoms with Gasteiger partial charge in [0.25, 0.3) is 0 Å². The number of esters is 2. The SMILES string of the molecule is C=Cc1c(SC)nc(C2CC2)nc1C(=O)OC.COC(=O)c1nc(C2CC2)nc(SC)c1Cl. The van der Waals surface area contributed by atoms with Crippen LogP contribution in [-0.2, 0) is 9.47 Å². The topological polar surface area (TPSA) is 104 Å². The molecule has 0 saturated heterocycles. The van der Waals surface area contributed by atoms with E-state index in [4.69, 9.17) is 16.3 Å². The molecule has 0 bridgehead atoms. The average molecular weight is 509 g/mol. The van der Waals surface area contributed by atoms with Crippen molar-refractivity contribution in [3.63, 3.8) is 0 Å². The molecule has 33 heavy (non-hydrogen) atoms. The van der Waals surface area contributed by atoms with Crippen molar-refractivity contribution in [1.29, 1.82) is 0 Å². The fourth-order valence-electron chi connectivity index (χ4n) is 2.92. The third kappa shape index (κ3) is 6.04. The quantitative estimate of drug-likeness (QED) is 0.287. The maximum Gasteiger partial charge on any atom is 0.358 e. The molecule has 2 aromatic heterocycles. The standard InChI is InChI=1S/C12H14N2O2S.C10H11ClN2O2S/c1-4-8-9(12(15)16-2)13-10(7-5-6-7)14-11(8)17-3;1-15-10(14)7-6(11)9(16-2)13-8(12-7)5-3-4-5/h4,7H,1,5-6H2,2-3H3;5H,3-4H2,1-2H3. The summed E-state index contributed by atoms with van der Waals surface area (Å²) in [6.45, 7) is 3.71. The summed E-state index contributed by atoms with van der Waals surface area (Å²) in [6.07, 6.45) is 9.75. The summed E-state index contributed by atoms with van der Waals surface area (Å²) in [5.41, 5.74) is 1.16. The molecule has 11 heteroatoms. The van der Waals surface area contributed by atoms with Crippen LogP contribution in [0.5, 0.6) is 0 Å². The molecule has 0 radical (unpaired) electrons. The number of carbonyl (C=O) groups is 2. The van der Waals surface area contributed by atoms with Crippen molar-refractivity contribution >= 4 is 53.1 Å². The van der Waals surface area contributed by atoms with Gasteiger partial charge >= 0.3 is 11.9 Å². The first-order valence-electron chi connectivity index (χ1n) is 10.2. The van der Waals surface area contributed by atoms with Gasteiger partial charge < -0.3 is 9.47 Å². The summed E-state index contributed by atoms with van der Waals surface area (Å²) in [5, 5.41) is 1.71. The highest BCUT2D eigenvalue weighted by Gasteiger charge is 2.30. The van der Waals surface area contributed by atoms with Gasteiger partial charge in [-0.1, -0.05) is 24.3 Å². The molecule has 2 heterocycles. The van der Waals surface area contributed by atoms with Gasteiger partial charge in [-0.05, 0) is 38.2 Å². The summed E-state index contributed by atoms with van der Waals surface area (Å²) in [5.74, 6) is 1.30. The fraction of sp³-hybridized carbons (Fsp3) is 0.455. The zero-order valence-corrected chi connectivity index (χ0v) is 21.3. The molecule has 2 aromatic rings. The Kier molecular flexibility index (Phi) is 8.72. The molecule has 2 saturated carbocycles. The number of thioether (sulfide) groups is 2. The van der Waals surface area contributed by atoms with Crippen molar-refractivity contribution in [2.24, 2.45) is 0 Å². The van der Waals surface area contributed by atoms with E-state index in [9.17, 15) is 9.59 Å². The summed E-state index contributed by atoms with van der Waals surface area (Å²) in [4.78, 5) is 40.5. The van der Waals surface area contributed by atoms with E-state index in [1.807, 2.05) is 12.5 Å². The van der Waals surface area contributed by atoms with Crippen LogP contribution in [0.3, 0.4) is 0 Å². The average Bonchev–Trinajstić information content (AvgIpc) is 3.75. The van der Waals surface area contributed by atoms with Crippen molar-refractivity contribution in [1.82, 2.24) is 19.9 Å². The van der Waals surface area contributed by atoms with Crippen molar-refractivity contribution in [2.45, 2.75) is 47.6 Å². The van der Waals surface area contributed by atoms with Crippen LogP contribution in [0, 0.1) is 0 Å². The smallest absolute Gasteiger partial charge is 0.358 e. The molecular formula is C22H25ClN4O4S2. The highest BCUT2D eigenvalue weighted by molar-refractivity contribution is 7.98. The van der Waals surface area contributed by atoms with E-state index in [-0.39, 0.29) is 10.7 Å². The first kappa shape index (κ1) is 25.5. The van der Waals surface area contributed by atoms with Gasteiger partial charge in [0.1, 0.15) is 26.7 Å². The van der Waals surface area contributed by atoms with Gasteiger partial charge in [0.2, 0.25) is 0 Å². The zero-order chi connectivity index (χ0) is 24.1. The second-order valence-electron chi connectivity index (χ2n) is 7.34. The molecule has 0 aliphatic heterocycles. The van der Waals surface area contributed by atoms with Crippen LogP contribution in [0.15, 0.2) is 16.6 Å². The Hall–Kier alpha value is -2.17. The van der Waals surface area contributed by atoms with Gasteiger partial charge in [-0.3, -0.25) is 0 Å². The summed E-state index contributed by atoms with van der Waals surface area (Å²) in [7, 11) is 2.67. The van der Waals surface area contributed by atoms with Gasteiger partial charge in [-0.15, -0.1) is 23.5 Å². The van der Waals surface area contributed by atoms with Gasteiger partial charge in [0.05, 0.1) is 14.2 Å². The number of hydrogen-bond acceptors (Lipinski definition) is 10. The number of carbonyl (C=O) groups excluding carboxylic acids is 2. The lowest BCUT2D eigenvalue weighted by Gasteiger charge is -2.09. The molecule has 0 amide bonds. The fourth-order valence-corrected chi connectivity index (χ4v) is 4.35. The minimum absolute atomic E-state index is 0.172. The van der Waals surface area contributed by atoms with E-state index < -0.39 is 11.9 Å². The Bertz CT molecular complexity index is 1070. The summed E-state index contributed by atoms with van der Waals surface area (Å²) < 4.78 is 9.40. The first-order chi connectivity index (χ1) is 15.9. The molecule has 0 spiro atoms. The Morgan fingerprint density at radius 2 is 1.33 bits per heavy atom. The first-order valence-corrected chi connectivity index (χ1v) is 13.1. The van der Waals surface area contributed by atoms with Crippen molar-refractivity contribution in [2.75, 3.05) is 26.7 Å². The number of hydrogen-bond donors (Lipinski definition) is 0. The Balaban J connectivity index is 0.000000186. The molecule has 4 rings (SSSR count). The molecule has 0 unspecified atom stereocenters. The highest BCUT2D eigenvalue weighted by Crippen LogP contribution is 2.40. The third-order valence-electron chi connectivity index (χ3n) is 5.00. The van der Waals surface area contributed by atoms with Crippen LogP contribution in [0.2, 0.25) is 5.02 Å². The number of aromatic nitrogens is 4. The summed E-state index contributed by atoms with van der Waals surface area (Å²) in [6, 6.07) is 0. The van der Waals surface area contributed by atoms with E-state index >= 15 is 0 Å². The number of ether oxygens (including phenoxy) is 2. The summed E-state index contributed by atoms with van der Waals surface area (Å²) >= 11 is 8.93. The third-order valence-corrected chi connectivity index (χ3v) is 6.85. The second kappa shape index (κ2) is 11.3. The lowest BCUT2D eigenvalue weighted by atomic mass is 10.2. The Morgan fingerprint density at radius 1 is 0.879 bits per heavy atom. The molecule has 0 aromatic carbocycles. The Morgan fingerprint density at radius 3 is 1.76 bits per heavy atom. The predicted octanol–water partition coefficient (Wildman–Crippen LogP) is 5.02. The number of nitrogens with zero attached hydrogens (tertiary/aromatic N) is 4. The van der Waals surface area contributed by atoms with Crippen LogP contribution >= 0.6 is 35.1 Å². The lowest BCUT2D eigenvalue weighted by molar-refractivity contribution is 0.0584. The minimum atomic E-state index is -0.510. The maximum atomic E-state index is 11.7. The van der Waals surface area contributed by atoms with Gasteiger partial charge in [-0.2, -0.15) is 0 Å². The monoisotopic (exact) mass is 508 g/mol. The molecule has 0 N–H and O–H groups in total. The molecule has 176 valence electrons. The van der Waals surface area contributed by atoms with Crippen molar-refractivity contribution in [3.8, 4) is 0 Å². The van der Waals surface area contributed by atoms with E-state index in [0.29, 0.717) is 33.9 Å². The maximum absolute atomic E-state index is 11.7. The largest absolute Gasteiger partial charge is 0.464 e. The van der Waals surface area contributed by atoms with Crippen molar-refractivity contribution < 1.29 is 19.1 Å². The highest BCUT2D eigenvalue weighted by atomic mass is 35.5. The van der Waals surface area contributed by atoms with Crippen LogP contribution < -0.4 is 0 Å². The van der Waals surface area contributed by atoms with E-state index in [2.05, 4.69) is 31.3 Å². The van der Waals surface area contributed by atoms with E-state index in [1.165, 1.54) is 37.7 Å². The van der Waals surface area contributed by atoms with Crippen LogP contribution in [0.4, 0.5) is 0 Å². The minimum Gasteiger partial charge on any atom is -0.464 e. The molecule has 0 atom stereocenters. The van der Waals surface area contributed by atoms with Gasteiger partial charge in [0, 0.05) is 17.4 Å². The Labute approximate surface area is 206 Å². The van der Waals surface area contributed by atoms with E-state index in [0.717, 1.165) is 36.5 Å². The molecule has 2 aliphatic rings.